The monoisotopic (exact) mass is 290 g/mol. The van der Waals surface area contributed by atoms with E-state index >= 15 is 0 Å². The number of primary amides is 1. The van der Waals surface area contributed by atoms with Crippen molar-refractivity contribution in [3.63, 3.8) is 0 Å². The van der Waals surface area contributed by atoms with E-state index in [1.165, 1.54) is 19.3 Å². The van der Waals surface area contributed by atoms with Gasteiger partial charge in [-0.3, -0.25) is 9.78 Å². The molecule has 0 spiro atoms. The largest absolute Gasteiger partial charge is 0.371 e. The van der Waals surface area contributed by atoms with Crippen molar-refractivity contribution in [3.8, 4) is 0 Å². The normalized spacial score (nSPS) is 17.7. The van der Waals surface area contributed by atoms with Crippen LogP contribution in [0.4, 0.5) is 5.69 Å². The second-order valence-electron chi connectivity index (χ2n) is 5.83. The van der Waals surface area contributed by atoms with Gasteiger partial charge in [-0.15, -0.1) is 0 Å². The maximum absolute atomic E-state index is 11.2. The summed E-state index contributed by atoms with van der Waals surface area (Å²) in [4.78, 5) is 17.5. The maximum atomic E-state index is 11.2. The second-order valence-corrected chi connectivity index (χ2v) is 5.83. The number of aromatic nitrogens is 1. The number of hydrogen-bond donors (Lipinski definition) is 2. The lowest BCUT2D eigenvalue weighted by molar-refractivity contribution is 0.0995. The molecule has 1 aromatic heterocycles. The summed E-state index contributed by atoms with van der Waals surface area (Å²) in [6.07, 6.45) is 5.18. The number of nitrogens with two attached hydrogens (primary N) is 1. The Morgan fingerprint density at radius 1 is 1.52 bits per heavy atom. The fourth-order valence-corrected chi connectivity index (χ4v) is 2.95. The van der Waals surface area contributed by atoms with Gasteiger partial charge < -0.3 is 16.0 Å². The van der Waals surface area contributed by atoms with Crippen molar-refractivity contribution in [2.45, 2.75) is 39.2 Å². The van der Waals surface area contributed by atoms with E-state index in [9.17, 15) is 4.79 Å². The van der Waals surface area contributed by atoms with E-state index in [1.807, 2.05) is 6.07 Å². The summed E-state index contributed by atoms with van der Waals surface area (Å²) < 4.78 is 0. The zero-order valence-electron chi connectivity index (χ0n) is 13.0. The molecule has 1 aromatic rings. The van der Waals surface area contributed by atoms with E-state index in [4.69, 9.17) is 5.73 Å². The Morgan fingerprint density at radius 2 is 2.24 bits per heavy atom. The Kier molecular flexibility index (Phi) is 5.56. The second kappa shape index (κ2) is 7.41. The Hall–Kier alpha value is -1.62. The smallest absolute Gasteiger partial charge is 0.267 e. The molecule has 1 saturated heterocycles. The summed E-state index contributed by atoms with van der Waals surface area (Å²) in [7, 11) is 0. The topological polar surface area (TPSA) is 71.2 Å². The molecule has 21 heavy (non-hydrogen) atoms. The molecule has 0 aliphatic carbocycles. The van der Waals surface area contributed by atoms with Gasteiger partial charge in [-0.2, -0.15) is 0 Å². The van der Waals surface area contributed by atoms with Crippen LogP contribution in [0.25, 0.3) is 0 Å². The number of nitrogens with one attached hydrogen (secondary N) is 1. The zero-order chi connectivity index (χ0) is 15.2. The fourth-order valence-electron chi connectivity index (χ4n) is 2.95. The molecule has 1 aliphatic heterocycles. The van der Waals surface area contributed by atoms with Crippen molar-refractivity contribution in [1.29, 1.82) is 0 Å². The first-order chi connectivity index (χ1) is 10.1. The average Bonchev–Trinajstić information content (AvgIpc) is 2.53. The molecule has 5 heteroatoms. The van der Waals surface area contributed by atoms with Crippen molar-refractivity contribution >= 4 is 11.6 Å². The SMILES string of the molecule is CCCNC(C)C1CCN(c2ccnc(C(N)=O)c2)CC1. The highest BCUT2D eigenvalue weighted by Gasteiger charge is 2.23. The van der Waals surface area contributed by atoms with Gasteiger partial charge in [-0.25, -0.2) is 0 Å². The number of carbonyl (C=O) groups excluding carboxylic acids is 1. The van der Waals surface area contributed by atoms with Gasteiger partial charge in [0.05, 0.1) is 0 Å². The maximum Gasteiger partial charge on any atom is 0.267 e. The lowest BCUT2D eigenvalue weighted by atomic mass is 9.90. The van der Waals surface area contributed by atoms with Crippen LogP contribution in [0, 0.1) is 5.92 Å². The molecule has 1 unspecified atom stereocenters. The lowest BCUT2D eigenvalue weighted by Crippen LogP contribution is -2.42. The zero-order valence-corrected chi connectivity index (χ0v) is 13.0. The molecule has 1 fully saturated rings. The Morgan fingerprint density at radius 3 is 2.86 bits per heavy atom. The quantitative estimate of drug-likeness (QED) is 0.838. The van der Waals surface area contributed by atoms with Crippen molar-refractivity contribution < 1.29 is 4.79 Å². The predicted octanol–water partition coefficient (Wildman–Crippen LogP) is 1.78. The van der Waals surface area contributed by atoms with E-state index in [1.54, 1.807) is 12.3 Å². The van der Waals surface area contributed by atoms with Crippen LogP contribution in [0.2, 0.25) is 0 Å². The molecule has 3 N–H and O–H groups in total. The Balaban J connectivity index is 1.91. The highest BCUT2D eigenvalue weighted by molar-refractivity contribution is 5.91. The van der Waals surface area contributed by atoms with E-state index in [0.29, 0.717) is 11.7 Å². The molecule has 2 heterocycles. The van der Waals surface area contributed by atoms with Crippen molar-refractivity contribution in [3.05, 3.63) is 24.0 Å². The molecule has 1 amide bonds. The van der Waals surface area contributed by atoms with E-state index in [0.717, 1.165) is 31.2 Å². The van der Waals surface area contributed by atoms with Crippen molar-refractivity contribution in [1.82, 2.24) is 10.3 Å². The fraction of sp³-hybridized carbons (Fsp3) is 0.625. The van der Waals surface area contributed by atoms with Gasteiger partial charge in [-0.05, 0) is 50.8 Å². The van der Waals surface area contributed by atoms with E-state index in [2.05, 4.69) is 29.0 Å². The molecule has 0 aromatic carbocycles. The molecular weight excluding hydrogens is 264 g/mol. The third-order valence-corrected chi connectivity index (χ3v) is 4.32. The summed E-state index contributed by atoms with van der Waals surface area (Å²) >= 11 is 0. The van der Waals surface area contributed by atoms with Crippen molar-refractivity contribution in [2.24, 2.45) is 11.7 Å². The third kappa shape index (κ3) is 4.17. The molecular formula is C16H26N4O. The van der Waals surface area contributed by atoms with Crippen LogP contribution in [-0.4, -0.2) is 36.6 Å². The number of nitrogens with zero attached hydrogens (tertiary/aromatic N) is 2. The molecule has 0 saturated carbocycles. The number of carbonyl (C=O) groups is 1. The molecule has 0 radical (unpaired) electrons. The van der Waals surface area contributed by atoms with Gasteiger partial charge in [-0.1, -0.05) is 6.92 Å². The first-order valence-electron chi connectivity index (χ1n) is 7.86. The first kappa shape index (κ1) is 15.8. The Labute approximate surface area is 126 Å². The summed E-state index contributed by atoms with van der Waals surface area (Å²) in [6.45, 7) is 7.61. The number of anilines is 1. The van der Waals surface area contributed by atoms with Gasteiger partial charge in [0.1, 0.15) is 5.69 Å². The number of rotatable bonds is 6. The van der Waals surface area contributed by atoms with Gasteiger partial charge in [0, 0.05) is 31.0 Å². The highest BCUT2D eigenvalue weighted by Crippen LogP contribution is 2.25. The van der Waals surface area contributed by atoms with Crippen LogP contribution in [0.5, 0.6) is 0 Å². The standard InChI is InChI=1S/C16H26N4O/c1-3-7-18-12(2)13-5-9-20(10-6-13)14-4-8-19-15(11-14)16(17)21/h4,8,11-13,18H,3,5-7,9-10H2,1-2H3,(H2,17,21). The summed E-state index contributed by atoms with van der Waals surface area (Å²) in [5, 5.41) is 3.59. The van der Waals surface area contributed by atoms with Crippen LogP contribution in [0.1, 0.15) is 43.6 Å². The molecule has 2 rings (SSSR count). The number of piperidine rings is 1. The van der Waals surface area contributed by atoms with Crippen LogP contribution in [-0.2, 0) is 0 Å². The Bertz CT molecular complexity index is 469. The minimum Gasteiger partial charge on any atom is -0.371 e. The number of pyridine rings is 1. The lowest BCUT2D eigenvalue weighted by Gasteiger charge is -2.36. The van der Waals surface area contributed by atoms with Crippen LogP contribution in [0.15, 0.2) is 18.3 Å². The average molecular weight is 290 g/mol. The predicted molar refractivity (Wildman–Crippen MR) is 85.4 cm³/mol. The van der Waals surface area contributed by atoms with E-state index in [-0.39, 0.29) is 0 Å². The molecule has 1 aliphatic rings. The van der Waals surface area contributed by atoms with Gasteiger partial charge in [0.15, 0.2) is 0 Å². The van der Waals surface area contributed by atoms with Gasteiger partial charge >= 0.3 is 0 Å². The van der Waals surface area contributed by atoms with Gasteiger partial charge in [0.25, 0.3) is 5.91 Å². The minimum atomic E-state index is -0.468. The summed E-state index contributed by atoms with van der Waals surface area (Å²) in [5.41, 5.74) is 6.68. The molecule has 1 atom stereocenters. The number of amides is 1. The third-order valence-electron chi connectivity index (χ3n) is 4.32. The number of hydrogen-bond acceptors (Lipinski definition) is 4. The van der Waals surface area contributed by atoms with Crippen LogP contribution >= 0.6 is 0 Å². The molecule has 116 valence electrons. The van der Waals surface area contributed by atoms with Crippen LogP contribution < -0.4 is 16.0 Å². The van der Waals surface area contributed by atoms with Gasteiger partial charge in [0.2, 0.25) is 0 Å². The molecule has 5 nitrogen and oxygen atoms in total. The van der Waals surface area contributed by atoms with Crippen LogP contribution in [0.3, 0.4) is 0 Å². The highest BCUT2D eigenvalue weighted by atomic mass is 16.1. The van der Waals surface area contributed by atoms with E-state index < -0.39 is 5.91 Å². The molecule has 0 bridgehead atoms. The summed E-state index contributed by atoms with van der Waals surface area (Å²) in [5.74, 6) is 0.259. The summed E-state index contributed by atoms with van der Waals surface area (Å²) in [6, 6.07) is 4.32. The minimum absolute atomic E-state index is 0.340. The first-order valence-corrected chi connectivity index (χ1v) is 7.86. The van der Waals surface area contributed by atoms with Crippen molar-refractivity contribution in [2.75, 3.05) is 24.5 Å².